The molecule has 1 aliphatic heterocycles. The van der Waals surface area contributed by atoms with E-state index in [0.717, 1.165) is 11.3 Å². The van der Waals surface area contributed by atoms with E-state index in [1.165, 1.54) is 0 Å². The first kappa shape index (κ1) is 13.4. The first-order valence-electron chi connectivity index (χ1n) is 6.31. The molecule has 1 saturated heterocycles. The zero-order valence-corrected chi connectivity index (χ0v) is 11.1. The van der Waals surface area contributed by atoms with Gasteiger partial charge in [0.15, 0.2) is 0 Å². The predicted molar refractivity (Wildman–Crippen MR) is 72.2 cm³/mol. The molecular weight excluding hydrogens is 244 g/mol. The highest BCUT2D eigenvalue weighted by molar-refractivity contribution is 5.99. The van der Waals surface area contributed by atoms with Crippen molar-refractivity contribution in [3.8, 4) is 0 Å². The molecule has 0 aromatic heterocycles. The van der Waals surface area contributed by atoms with Gasteiger partial charge in [0.1, 0.15) is 0 Å². The molecular formula is C14H18N2O3. The Balaban J connectivity index is 2.40. The van der Waals surface area contributed by atoms with Crippen LogP contribution in [0.25, 0.3) is 0 Å². The number of amides is 1. The lowest BCUT2D eigenvalue weighted by Gasteiger charge is -2.27. The third-order valence-electron chi connectivity index (χ3n) is 3.80. The number of carbonyl (C=O) groups is 2. The number of carboxylic acids is 1. The molecule has 0 radical (unpaired) electrons. The largest absolute Gasteiger partial charge is 0.481 e. The second-order valence-electron chi connectivity index (χ2n) is 5.05. The summed E-state index contributed by atoms with van der Waals surface area (Å²) in [5.41, 5.74) is 7.60. The second kappa shape index (κ2) is 4.91. The number of hydrogen-bond donors (Lipinski definition) is 2. The summed E-state index contributed by atoms with van der Waals surface area (Å²) in [5, 5.41) is 9.16. The van der Waals surface area contributed by atoms with Crippen LogP contribution in [0.3, 0.4) is 0 Å². The van der Waals surface area contributed by atoms with Gasteiger partial charge < -0.3 is 15.7 Å². The van der Waals surface area contributed by atoms with E-state index in [1.54, 1.807) is 6.07 Å². The molecule has 19 heavy (non-hydrogen) atoms. The Kier molecular flexibility index (Phi) is 3.46. The summed E-state index contributed by atoms with van der Waals surface area (Å²) in [6.07, 6.45) is 0.586. The number of carboxylic acid groups (broad SMARTS) is 1. The molecule has 1 amide bonds. The highest BCUT2D eigenvalue weighted by Gasteiger charge is 2.36. The number of carbonyl (C=O) groups excluding carboxylic acids is 1. The second-order valence-corrected chi connectivity index (χ2v) is 5.05. The standard InChI is InChI=1S/C14H18N2O3/c1-8-3-4-11(13(15)17)12(7-8)16-6-5-10(9(16)2)14(18)19/h3-4,7,9-10H,5-6H2,1-2H3,(H2,15,17)(H,18,19). The number of benzene rings is 1. The van der Waals surface area contributed by atoms with Crippen molar-refractivity contribution in [1.29, 1.82) is 0 Å². The van der Waals surface area contributed by atoms with E-state index in [0.29, 0.717) is 18.5 Å². The Hall–Kier alpha value is -2.04. The van der Waals surface area contributed by atoms with Crippen LogP contribution < -0.4 is 10.6 Å². The molecule has 5 nitrogen and oxygen atoms in total. The van der Waals surface area contributed by atoms with Crippen molar-refractivity contribution in [3.63, 3.8) is 0 Å². The number of aliphatic carboxylic acids is 1. The molecule has 1 aromatic rings. The SMILES string of the molecule is Cc1ccc(C(N)=O)c(N2CCC(C(=O)O)C2C)c1. The summed E-state index contributed by atoms with van der Waals surface area (Å²) in [6, 6.07) is 5.28. The molecule has 2 atom stereocenters. The van der Waals surface area contributed by atoms with Crippen molar-refractivity contribution in [2.24, 2.45) is 11.7 Å². The van der Waals surface area contributed by atoms with Crippen molar-refractivity contribution in [3.05, 3.63) is 29.3 Å². The van der Waals surface area contributed by atoms with E-state index in [4.69, 9.17) is 10.8 Å². The number of anilines is 1. The Morgan fingerprint density at radius 3 is 2.63 bits per heavy atom. The monoisotopic (exact) mass is 262 g/mol. The van der Waals surface area contributed by atoms with E-state index in [-0.39, 0.29) is 6.04 Å². The fourth-order valence-electron chi connectivity index (χ4n) is 2.70. The topological polar surface area (TPSA) is 83.6 Å². The van der Waals surface area contributed by atoms with Crippen molar-refractivity contribution >= 4 is 17.6 Å². The van der Waals surface area contributed by atoms with Crippen LogP contribution >= 0.6 is 0 Å². The fraction of sp³-hybridized carbons (Fsp3) is 0.429. The summed E-state index contributed by atoms with van der Waals surface area (Å²) >= 11 is 0. The molecule has 1 aliphatic rings. The third kappa shape index (κ3) is 2.41. The highest BCUT2D eigenvalue weighted by Crippen LogP contribution is 2.32. The maximum Gasteiger partial charge on any atom is 0.308 e. The summed E-state index contributed by atoms with van der Waals surface area (Å²) in [4.78, 5) is 24.6. The van der Waals surface area contributed by atoms with Crippen LogP contribution in [0.4, 0.5) is 5.69 Å². The van der Waals surface area contributed by atoms with Gasteiger partial charge in [0.05, 0.1) is 17.2 Å². The molecule has 0 aliphatic carbocycles. The van der Waals surface area contributed by atoms with Crippen molar-refractivity contribution in [2.45, 2.75) is 26.3 Å². The average molecular weight is 262 g/mol. The normalized spacial score (nSPS) is 22.5. The maximum absolute atomic E-state index is 11.5. The van der Waals surface area contributed by atoms with Crippen LogP contribution in [0.1, 0.15) is 29.3 Å². The van der Waals surface area contributed by atoms with Gasteiger partial charge in [-0.05, 0) is 38.0 Å². The average Bonchev–Trinajstić information content (AvgIpc) is 2.70. The van der Waals surface area contributed by atoms with Gasteiger partial charge in [0.25, 0.3) is 5.91 Å². The molecule has 2 unspecified atom stereocenters. The van der Waals surface area contributed by atoms with Crippen molar-refractivity contribution < 1.29 is 14.7 Å². The van der Waals surface area contributed by atoms with Gasteiger partial charge in [0, 0.05) is 12.6 Å². The number of nitrogens with zero attached hydrogens (tertiary/aromatic N) is 1. The summed E-state index contributed by atoms with van der Waals surface area (Å²) in [6.45, 7) is 4.43. The Morgan fingerprint density at radius 1 is 1.42 bits per heavy atom. The number of rotatable bonds is 3. The molecule has 0 spiro atoms. The van der Waals surface area contributed by atoms with Crippen LogP contribution in [-0.2, 0) is 4.79 Å². The lowest BCUT2D eigenvalue weighted by molar-refractivity contribution is -0.141. The van der Waals surface area contributed by atoms with Gasteiger partial charge in [-0.2, -0.15) is 0 Å². The van der Waals surface area contributed by atoms with E-state index >= 15 is 0 Å². The van der Waals surface area contributed by atoms with Gasteiger partial charge in [-0.1, -0.05) is 6.07 Å². The van der Waals surface area contributed by atoms with E-state index in [2.05, 4.69) is 0 Å². The molecule has 1 heterocycles. The van der Waals surface area contributed by atoms with Gasteiger partial charge in [0.2, 0.25) is 0 Å². The molecule has 2 rings (SSSR count). The van der Waals surface area contributed by atoms with E-state index < -0.39 is 17.8 Å². The lowest BCUT2D eigenvalue weighted by atomic mass is 10.0. The quantitative estimate of drug-likeness (QED) is 0.862. The maximum atomic E-state index is 11.5. The number of primary amides is 1. The Bertz CT molecular complexity index is 527. The van der Waals surface area contributed by atoms with Crippen LogP contribution in [-0.4, -0.2) is 29.6 Å². The van der Waals surface area contributed by atoms with Gasteiger partial charge in [-0.3, -0.25) is 9.59 Å². The molecule has 102 valence electrons. The predicted octanol–water partition coefficient (Wildman–Crippen LogP) is 1.39. The summed E-state index contributed by atoms with van der Waals surface area (Å²) in [5.74, 6) is -1.68. The molecule has 3 N–H and O–H groups in total. The van der Waals surface area contributed by atoms with Gasteiger partial charge in [-0.15, -0.1) is 0 Å². The van der Waals surface area contributed by atoms with Crippen molar-refractivity contribution in [1.82, 2.24) is 0 Å². The molecule has 0 bridgehead atoms. The fourth-order valence-corrected chi connectivity index (χ4v) is 2.70. The minimum atomic E-state index is -0.789. The summed E-state index contributed by atoms with van der Waals surface area (Å²) in [7, 11) is 0. The zero-order valence-electron chi connectivity index (χ0n) is 11.1. The van der Waals surface area contributed by atoms with E-state index in [9.17, 15) is 9.59 Å². The molecule has 5 heteroatoms. The number of aryl methyl sites for hydroxylation is 1. The van der Waals surface area contributed by atoms with Gasteiger partial charge in [-0.25, -0.2) is 0 Å². The molecule has 1 aromatic carbocycles. The lowest BCUT2D eigenvalue weighted by Crippen LogP contribution is -2.34. The Morgan fingerprint density at radius 2 is 2.11 bits per heavy atom. The van der Waals surface area contributed by atoms with E-state index in [1.807, 2.05) is 30.9 Å². The zero-order chi connectivity index (χ0) is 14.2. The highest BCUT2D eigenvalue weighted by atomic mass is 16.4. The number of hydrogen-bond acceptors (Lipinski definition) is 3. The van der Waals surface area contributed by atoms with Crippen LogP contribution in [0.2, 0.25) is 0 Å². The smallest absolute Gasteiger partial charge is 0.308 e. The van der Waals surface area contributed by atoms with Crippen LogP contribution in [0.5, 0.6) is 0 Å². The van der Waals surface area contributed by atoms with Crippen LogP contribution in [0.15, 0.2) is 18.2 Å². The third-order valence-corrected chi connectivity index (χ3v) is 3.80. The molecule has 0 saturated carbocycles. The number of nitrogens with two attached hydrogens (primary N) is 1. The van der Waals surface area contributed by atoms with Crippen LogP contribution in [0, 0.1) is 12.8 Å². The first-order chi connectivity index (χ1) is 8.91. The summed E-state index contributed by atoms with van der Waals surface area (Å²) < 4.78 is 0. The minimum absolute atomic E-state index is 0.141. The van der Waals surface area contributed by atoms with Gasteiger partial charge >= 0.3 is 5.97 Å². The molecule has 1 fully saturated rings. The van der Waals surface area contributed by atoms with Crippen molar-refractivity contribution in [2.75, 3.05) is 11.4 Å². The first-order valence-corrected chi connectivity index (χ1v) is 6.31. The minimum Gasteiger partial charge on any atom is -0.481 e. The Labute approximate surface area is 112 Å².